The van der Waals surface area contributed by atoms with E-state index in [1.54, 1.807) is 29.3 Å². The van der Waals surface area contributed by atoms with Crippen molar-refractivity contribution in [1.82, 2.24) is 14.9 Å². The molecule has 0 spiro atoms. The van der Waals surface area contributed by atoms with Crippen LogP contribution in [0.4, 0.5) is 11.6 Å². The van der Waals surface area contributed by atoms with E-state index >= 15 is 0 Å². The number of thiophene rings is 1. The highest BCUT2D eigenvalue weighted by Gasteiger charge is 2.28. The Bertz CT molecular complexity index is 1280. The highest BCUT2D eigenvalue weighted by molar-refractivity contribution is 8.00. The lowest BCUT2D eigenvalue weighted by atomic mass is 9.82. The molecule has 1 aliphatic heterocycles. The van der Waals surface area contributed by atoms with E-state index in [9.17, 15) is 10.4 Å². The monoisotopic (exact) mass is 563 g/mol. The zero-order valence-corrected chi connectivity index (χ0v) is 24.2. The predicted molar refractivity (Wildman–Crippen MR) is 159 cm³/mol. The Morgan fingerprint density at radius 2 is 2.08 bits per heavy atom. The van der Waals surface area contributed by atoms with Gasteiger partial charge in [-0.15, -0.1) is 23.1 Å². The Labute approximate surface area is 239 Å². The van der Waals surface area contributed by atoms with Gasteiger partial charge in [0, 0.05) is 30.5 Å². The van der Waals surface area contributed by atoms with Crippen molar-refractivity contribution in [2.24, 2.45) is 0 Å². The van der Waals surface area contributed by atoms with Gasteiger partial charge in [0.25, 0.3) is 0 Å². The largest absolute Gasteiger partial charge is 0.493 e. The summed E-state index contributed by atoms with van der Waals surface area (Å²) in [4.78, 5) is 12.8. The molecule has 3 aromatic rings. The maximum absolute atomic E-state index is 10.0. The molecule has 1 aromatic carbocycles. The van der Waals surface area contributed by atoms with E-state index in [2.05, 4.69) is 21.3 Å². The first kappa shape index (κ1) is 27.9. The molecule has 3 heterocycles. The standard InChI is InChI=1S/C30H37N5O2S2/c1-38-29-25(19-31)27(21-8-3-2-4-9-21)28(39-29)26-13-14-32-30(34-26)33-22-10-5-12-24(18-22)37-17-7-16-35-15-6-11-23(35)20-36/h5,10,12-14,18,21,23,36H,2-4,6-9,11,15-17,20H2,1H3,(H,32,33,34). The molecule has 7 nitrogen and oxygen atoms in total. The molecule has 2 N–H and O–H groups in total. The summed E-state index contributed by atoms with van der Waals surface area (Å²) in [5, 5.41) is 22.9. The van der Waals surface area contributed by atoms with Gasteiger partial charge in [0.15, 0.2) is 0 Å². The quantitative estimate of drug-likeness (QED) is 0.194. The second-order valence-electron chi connectivity index (χ2n) is 10.3. The van der Waals surface area contributed by atoms with E-state index in [1.165, 1.54) is 24.8 Å². The maximum atomic E-state index is 10.0. The van der Waals surface area contributed by atoms with Gasteiger partial charge in [0.05, 0.1) is 33.6 Å². The number of nitrogens with zero attached hydrogens (tertiary/aromatic N) is 4. The third-order valence-corrected chi connectivity index (χ3v) is 10.1. The average molecular weight is 564 g/mol. The van der Waals surface area contributed by atoms with Crippen LogP contribution in [0.15, 0.2) is 40.7 Å². The van der Waals surface area contributed by atoms with Crippen molar-refractivity contribution >= 4 is 34.7 Å². The van der Waals surface area contributed by atoms with Crippen LogP contribution in [0, 0.1) is 11.3 Å². The molecule has 1 atom stereocenters. The molecule has 0 amide bonds. The summed E-state index contributed by atoms with van der Waals surface area (Å²) in [7, 11) is 0. The fourth-order valence-corrected chi connectivity index (χ4v) is 7.82. The van der Waals surface area contributed by atoms with Crippen LogP contribution in [-0.4, -0.2) is 58.6 Å². The van der Waals surface area contributed by atoms with Gasteiger partial charge in [-0.05, 0) is 74.6 Å². The average Bonchev–Trinajstić information content (AvgIpc) is 3.60. The zero-order chi connectivity index (χ0) is 27.0. The van der Waals surface area contributed by atoms with Gasteiger partial charge < -0.3 is 15.2 Å². The first-order chi connectivity index (χ1) is 19.2. The van der Waals surface area contributed by atoms with Crippen molar-refractivity contribution in [2.75, 3.05) is 37.9 Å². The van der Waals surface area contributed by atoms with Crippen LogP contribution in [-0.2, 0) is 0 Å². The number of thioether (sulfide) groups is 1. The summed E-state index contributed by atoms with van der Waals surface area (Å²) in [6.45, 7) is 2.88. The minimum absolute atomic E-state index is 0.241. The van der Waals surface area contributed by atoms with E-state index in [4.69, 9.17) is 9.72 Å². The molecule has 1 saturated carbocycles. The van der Waals surface area contributed by atoms with Crippen LogP contribution >= 0.6 is 23.1 Å². The van der Waals surface area contributed by atoms with Gasteiger partial charge in [-0.2, -0.15) is 5.26 Å². The second kappa shape index (κ2) is 13.6. The molecule has 2 aliphatic rings. The van der Waals surface area contributed by atoms with Crippen LogP contribution in [0.25, 0.3) is 10.6 Å². The summed E-state index contributed by atoms with van der Waals surface area (Å²) >= 11 is 3.33. The number of hydrogen-bond acceptors (Lipinski definition) is 9. The third kappa shape index (κ3) is 6.75. The Morgan fingerprint density at radius 3 is 2.87 bits per heavy atom. The first-order valence-electron chi connectivity index (χ1n) is 14.0. The first-order valence-corrected chi connectivity index (χ1v) is 16.0. The summed E-state index contributed by atoms with van der Waals surface area (Å²) in [5.74, 6) is 1.75. The fourth-order valence-electron chi connectivity index (χ4n) is 5.83. The number of benzene rings is 1. The van der Waals surface area contributed by atoms with Crippen molar-refractivity contribution in [3.8, 4) is 22.4 Å². The minimum Gasteiger partial charge on any atom is -0.493 e. The molecule has 0 bridgehead atoms. The molecule has 1 saturated heterocycles. The van der Waals surface area contributed by atoms with E-state index in [0.717, 1.165) is 77.0 Å². The summed E-state index contributed by atoms with van der Waals surface area (Å²) in [6, 6.07) is 12.7. The number of rotatable bonds is 11. The van der Waals surface area contributed by atoms with Crippen molar-refractivity contribution in [2.45, 2.75) is 67.5 Å². The van der Waals surface area contributed by atoms with Gasteiger partial charge in [0.1, 0.15) is 11.8 Å². The summed E-state index contributed by atoms with van der Waals surface area (Å²) < 4.78 is 7.10. The molecule has 2 fully saturated rings. The molecular formula is C30H37N5O2S2. The number of likely N-dealkylation sites (tertiary alicyclic amines) is 1. The Balaban J connectivity index is 1.27. The Morgan fingerprint density at radius 1 is 1.21 bits per heavy atom. The van der Waals surface area contributed by atoms with E-state index in [1.807, 2.05) is 36.6 Å². The summed E-state index contributed by atoms with van der Waals surface area (Å²) in [5.41, 5.74) is 3.76. The smallest absolute Gasteiger partial charge is 0.227 e. The van der Waals surface area contributed by atoms with Crippen LogP contribution in [0.3, 0.4) is 0 Å². The maximum Gasteiger partial charge on any atom is 0.227 e. The van der Waals surface area contributed by atoms with E-state index in [0.29, 0.717) is 24.5 Å². The van der Waals surface area contributed by atoms with Crippen molar-refractivity contribution in [3.63, 3.8) is 0 Å². The van der Waals surface area contributed by atoms with Crippen LogP contribution in [0.2, 0.25) is 0 Å². The molecule has 9 heteroatoms. The number of hydrogen-bond donors (Lipinski definition) is 2. The summed E-state index contributed by atoms with van der Waals surface area (Å²) in [6.07, 6.45) is 13.0. The minimum atomic E-state index is 0.241. The second-order valence-corrected chi connectivity index (χ2v) is 12.4. The molecular weight excluding hydrogens is 526 g/mol. The molecule has 2 aromatic heterocycles. The van der Waals surface area contributed by atoms with Crippen LogP contribution in [0.5, 0.6) is 5.75 Å². The highest BCUT2D eigenvalue weighted by Crippen LogP contribution is 2.47. The fraction of sp³-hybridized carbons (Fsp3) is 0.500. The predicted octanol–water partition coefficient (Wildman–Crippen LogP) is 6.82. The third-order valence-electron chi connectivity index (χ3n) is 7.77. The topological polar surface area (TPSA) is 94.3 Å². The number of aliphatic hydroxyl groups excluding tert-OH is 1. The molecule has 1 unspecified atom stereocenters. The molecule has 39 heavy (non-hydrogen) atoms. The Kier molecular flexibility index (Phi) is 9.75. The van der Waals surface area contributed by atoms with Gasteiger partial charge in [-0.1, -0.05) is 25.3 Å². The Hall–Kier alpha value is -2.64. The van der Waals surface area contributed by atoms with E-state index in [-0.39, 0.29) is 6.61 Å². The molecule has 5 rings (SSSR count). The van der Waals surface area contributed by atoms with Gasteiger partial charge in [-0.25, -0.2) is 9.97 Å². The van der Waals surface area contributed by atoms with Crippen molar-refractivity contribution in [1.29, 1.82) is 5.26 Å². The van der Waals surface area contributed by atoms with Gasteiger partial charge in [0.2, 0.25) is 5.95 Å². The molecule has 1 aliphatic carbocycles. The highest BCUT2D eigenvalue weighted by atomic mass is 32.2. The van der Waals surface area contributed by atoms with Crippen molar-refractivity contribution in [3.05, 3.63) is 47.7 Å². The number of nitriles is 1. The number of aliphatic hydroxyl groups is 1. The van der Waals surface area contributed by atoms with Crippen molar-refractivity contribution < 1.29 is 9.84 Å². The zero-order valence-electron chi connectivity index (χ0n) is 22.6. The van der Waals surface area contributed by atoms with Gasteiger partial charge in [-0.3, -0.25) is 4.90 Å². The number of aromatic nitrogens is 2. The van der Waals surface area contributed by atoms with Crippen LogP contribution < -0.4 is 10.1 Å². The lowest BCUT2D eigenvalue weighted by Gasteiger charge is -2.22. The van der Waals surface area contributed by atoms with Crippen LogP contribution in [0.1, 0.15) is 68.4 Å². The number of nitrogens with one attached hydrogen (secondary N) is 1. The molecule has 206 valence electrons. The lowest BCUT2D eigenvalue weighted by Crippen LogP contribution is -2.33. The normalized spacial score (nSPS) is 18.2. The molecule has 0 radical (unpaired) electrons. The van der Waals surface area contributed by atoms with Gasteiger partial charge >= 0.3 is 0 Å². The lowest BCUT2D eigenvalue weighted by molar-refractivity contribution is 0.150. The number of ether oxygens (including phenoxy) is 1. The van der Waals surface area contributed by atoms with E-state index < -0.39 is 0 Å². The SMILES string of the molecule is CSc1sc(-c2ccnc(Nc3cccc(OCCCN4CCCC4CO)c3)n2)c(C2CCCCC2)c1C#N. The number of anilines is 2.